The maximum Gasteiger partial charge on any atom is 0.230 e. The minimum absolute atomic E-state index is 0.257. The van der Waals surface area contributed by atoms with Crippen LogP contribution < -0.4 is 10.1 Å². The first-order valence-electron chi connectivity index (χ1n) is 11.1. The molecule has 0 spiro atoms. The summed E-state index contributed by atoms with van der Waals surface area (Å²) in [5, 5.41) is 14.7. The summed E-state index contributed by atoms with van der Waals surface area (Å²) in [6, 6.07) is 8.11. The van der Waals surface area contributed by atoms with Crippen LogP contribution in [0.25, 0.3) is 10.4 Å². The van der Waals surface area contributed by atoms with E-state index in [-0.39, 0.29) is 6.10 Å². The molecular formula is C24H28N4O2S. The lowest BCUT2D eigenvalue weighted by molar-refractivity contribution is -0.0389. The molecule has 0 aliphatic heterocycles. The van der Waals surface area contributed by atoms with Crippen LogP contribution in [0.15, 0.2) is 36.7 Å². The molecule has 5 rings (SSSR count). The fourth-order valence-corrected chi connectivity index (χ4v) is 5.35. The van der Waals surface area contributed by atoms with Gasteiger partial charge in [-0.05, 0) is 75.1 Å². The third-order valence-electron chi connectivity index (χ3n) is 6.17. The van der Waals surface area contributed by atoms with Crippen molar-refractivity contribution in [1.29, 1.82) is 0 Å². The standard InChI is InChI=1S/C24H28N4O2S/c1-16-12-17(20-15-26-22(31-20)24(29)9-5-10-24)14-18(13-16)27-23-25-11-8-21(28-23)30-19-6-3-2-4-7-19/h8,11-15,19,29H,2-7,9-10H2,1H3,(H,25,27,28). The van der Waals surface area contributed by atoms with Crippen molar-refractivity contribution in [1.82, 2.24) is 15.0 Å². The quantitative estimate of drug-likeness (QED) is 0.513. The van der Waals surface area contributed by atoms with E-state index in [9.17, 15) is 5.11 Å². The summed E-state index contributed by atoms with van der Waals surface area (Å²) >= 11 is 1.57. The number of rotatable bonds is 6. The highest BCUT2D eigenvalue weighted by Crippen LogP contribution is 2.44. The van der Waals surface area contributed by atoms with Gasteiger partial charge >= 0.3 is 0 Å². The lowest BCUT2D eigenvalue weighted by Crippen LogP contribution is -2.33. The number of nitrogens with one attached hydrogen (secondary N) is 1. The number of hydrogen-bond acceptors (Lipinski definition) is 7. The zero-order valence-electron chi connectivity index (χ0n) is 17.8. The van der Waals surface area contributed by atoms with Gasteiger partial charge in [-0.25, -0.2) is 9.97 Å². The summed E-state index contributed by atoms with van der Waals surface area (Å²) in [5.41, 5.74) is 2.40. The first-order valence-corrected chi connectivity index (χ1v) is 12.0. The Labute approximate surface area is 186 Å². The lowest BCUT2D eigenvalue weighted by Gasteiger charge is -2.34. The first-order chi connectivity index (χ1) is 15.1. The van der Waals surface area contributed by atoms with Crippen LogP contribution in [-0.4, -0.2) is 26.2 Å². The van der Waals surface area contributed by atoms with Crippen LogP contribution in [0.5, 0.6) is 5.88 Å². The predicted molar refractivity (Wildman–Crippen MR) is 123 cm³/mol. The maximum absolute atomic E-state index is 10.6. The molecule has 31 heavy (non-hydrogen) atoms. The molecule has 2 aromatic heterocycles. The number of aromatic nitrogens is 3. The summed E-state index contributed by atoms with van der Waals surface area (Å²) in [6.45, 7) is 2.07. The second-order valence-corrected chi connectivity index (χ2v) is 9.75. The molecule has 0 atom stereocenters. The summed E-state index contributed by atoms with van der Waals surface area (Å²) < 4.78 is 6.08. The van der Waals surface area contributed by atoms with Crippen molar-refractivity contribution in [2.24, 2.45) is 0 Å². The number of thiazole rings is 1. The molecule has 2 heterocycles. The minimum Gasteiger partial charge on any atom is -0.474 e. The van der Waals surface area contributed by atoms with Crippen molar-refractivity contribution >= 4 is 23.0 Å². The van der Waals surface area contributed by atoms with Gasteiger partial charge in [0, 0.05) is 24.1 Å². The van der Waals surface area contributed by atoms with Gasteiger partial charge in [0.1, 0.15) is 16.7 Å². The molecule has 2 N–H and O–H groups in total. The Morgan fingerprint density at radius 2 is 1.94 bits per heavy atom. The summed E-state index contributed by atoms with van der Waals surface area (Å²) in [5.74, 6) is 1.15. The molecule has 2 aliphatic rings. The van der Waals surface area contributed by atoms with Gasteiger partial charge in [-0.15, -0.1) is 11.3 Å². The molecule has 1 aromatic carbocycles. The number of nitrogens with zero attached hydrogens (tertiary/aromatic N) is 3. The Bertz CT molecular complexity index is 1060. The highest BCUT2D eigenvalue weighted by Gasteiger charge is 2.39. The minimum atomic E-state index is -0.722. The second kappa shape index (κ2) is 8.55. The summed E-state index contributed by atoms with van der Waals surface area (Å²) in [4.78, 5) is 14.5. The molecule has 0 amide bonds. The smallest absolute Gasteiger partial charge is 0.230 e. The van der Waals surface area contributed by atoms with E-state index in [4.69, 9.17) is 4.74 Å². The van der Waals surface area contributed by atoms with E-state index in [0.29, 0.717) is 11.8 Å². The Morgan fingerprint density at radius 3 is 2.71 bits per heavy atom. The van der Waals surface area contributed by atoms with E-state index >= 15 is 0 Å². The van der Waals surface area contributed by atoms with Gasteiger partial charge in [0.2, 0.25) is 11.8 Å². The van der Waals surface area contributed by atoms with Crippen LogP contribution >= 0.6 is 11.3 Å². The van der Waals surface area contributed by atoms with Crippen molar-refractivity contribution in [3.63, 3.8) is 0 Å². The highest BCUT2D eigenvalue weighted by atomic mass is 32.1. The van der Waals surface area contributed by atoms with Crippen molar-refractivity contribution in [3.05, 3.63) is 47.2 Å². The average Bonchev–Trinajstić information content (AvgIpc) is 3.23. The van der Waals surface area contributed by atoms with Gasteiger partial charge in [0.15, 0.2) is 0 Å². The zero-order valence-corrected chi connectivity index (χ0v) is 18.6. The van der Waals surface area contributed by atoms with Crippen LogP contribution in [0.3, 0.4) is 0 Å². The lowest BCUT2D eigenvalue weighted by atomic mass is 9.81. The number of ether oxygens (including phenoxy) is 1. The highest BCUT2D eigenvalue weighted by molar-refractivity contribution is 7.15. The van der Waals surface area contributed by atoms with Crippen molar-refractivity contribution in [2.45, 2.75) is 70.0 Å². The Hall–Kier alpha value is -2.51. The molecule has 2 aliphatic carbocycles. The van der Waals surface area contributed by atoms with Crippen molar-refractivity contribution < 1.29 is 9.84 Å². The molecule has 2 fully saturated rings. The molecule has 0 unspecified atom stereocenters. The summed E-state index contributed by atoms with van der Waals surface area (Å²) in [7, 11) is 0. The zero-order chi connectivity index (χ0) is 21.3. The topological polar surface area (TPSA) is 80.2 Å². The fourth-order valence-electron chi connectivity index (χ4n) is 4.30. The van der Waals surface area contributed by atoms with Gasteiger partial charge in [-0.1, -0.05) is 12.5 Å². The molecule has 6 nitrogen and oxygen atoms in total. The molecule has 2 saturated carbocycles. The third-order valence-corrected chi connectivity index (χ3v) is 7.41. The fraction of sp³-hybridized carbons (Fsp3) is 0.458. The number of benzene rings is 1. The number of hydrogen-bond donors (Lipinski definition) is 2. The van der Waals surface area contributed by atoms with E-state index < -0.39 is 5.60 Å². The number of aliphatic hydroxyl groups is 1. The van der Waals surface area contributed by atoms with E-state index in [1.165, 1.54) is 19.3 Å². The SMILES string of the molecule is Cc1cc(Nc2nccc(OC3CCCCC3)n2)cc(-c2cnc(C3(O)CCC3)s2)c1. The van der Waals surface area contributed by atoms with Gasteiger partial charge in [0.25, 0.3) is 0 Å². The molecule has 0 radical (unpaired) electrons. The van der Waals surface area contributed by atoms with Gasteiger partial charge in [-0.2, -0.15) is 4.98 Å². The van der Waals surface area contributed by atoms with Crippen LogP contribution in [0, 0.1) is 6.92 Å². The normalized spacial score (nSPS) is 18.4. The van der Waals surface area contributed by atoms with Crippen molar-refractivity contribution in [2.75, 3.05) is 5.32 Å². The van der Waals surface area contributed by atoms with E-state index in [0.717, 1.165) is 58.8 Å². The van der Waals surface area contributed by atoms with E-state index in [1.807, 2.05) is 12.3 Å². The molecule has 3 aromatic rings. The largest absolute Gasteiger partial charge is 0.474 e. The monoisotopic (exact) mass is 436 g/mol. The Kier molecular flexibility index (Phi) is 5.63. The molecule has 0 saturated heterocycles. The molecule has 0 bridgehead atoms. The first kappa shape index (κ1) is 20.4. The van der Waals surface area contributed by atoms with Crippen LogP contribution in [0.4, 0.5) is 11.6 Å². The number of anilines is 2. The van der Waals surface area contributed by atoms with Gasteiger partial charge in [-0.3, -0.25) is 0 Å². The average molecular weight is 437 g/mol. The van der Waals surface area contributed by atoms with Crippen LogP contribution in [0.2, 0.25) is 0 Å². The van der Waals surface area contributed by atoms with Gasteiger partial charge in [0.05, 0.1) is 4.88 Å². The van der Waals surface area contributed by atoms with Crippen molar-refractivity contribution in [3.8, 4) is 16.3 Å². The molecule has 7 heteroatoms. The Morgan fingerprint density at radius 1 is 1.10 bits per heavy atom. The van der Waals surface area contributed by atoms with Crippen LogP contribution in [-0.2, 0) is 5.60 Å². The predicted octanol–water partition coefficient (Wildman–Crippen LogP) is 5.74. The van der Waals surface area contributed by atoms with E-state index in [2.05, 4.69) is 45.4 Å². The number of aryl methyl sites for hydroxylation is 1. The molecular weight excluding hydrogens is 408 g/mol. The van der Waals surface area contributed by atoms with Gasteiger partial charge < -0.3 is 15.2 Å². The van der Waals surface area contributed by atoms with E-state index in [1.54, 1.807) is 17.5 Å². The maximum atomic E-state index is 10.6. The summed E-state index contributed by atoms with van der Waals surface area (Å²) in [6.07, 6.45) is 12.5. The second-order valence-electron chi connectivity index (χ2n) is 8.72. The Balaban J connectivity index is 1.33. The molecule has 162 valence electrons. The van der Waals surface area contributed by atoms with Crippen LogP contribution in [0.1, 0.15) is 61.9 Å². The third kappa shape index (κ3) is 4.57.